The zero-order chi connectivity index (χ0) is 14.9. The molecule has 1 aromatic rings. The van der Waals surface area contributed by atoms with Crippen molar-refractivity contribution in [3.05, 3.63) is 22.7 Å². The molecule has 0 saturated carbocycles. The van der Waals surface area contributed by atoms with E-state index in [1.165, 1.54) is 10.4 Å². The molecular formula is C13H19ClN2O3S. The molecular weight excluding hydrogens is 300 g/mol. The van der Waals surface area contributed by atoms with E-state index < -0.39 is 10.2 Å². The molecule has 1 atom stereocenters. The lowest BCUT2D eigenvalue weighted by molar-refractivity contribution is 0.282. The van der Waals surface area contributed by atoms with E-state index in [1.807, 2.05) is 6.92 Å². The SMILES string of the molecule is Cc1cc(Cl)cc(NS(=O)(=O)N2CCCC(C)C2)c1O. The van der Waals surface area contributed by atoms with Gasteiger partial charge in [-0.05, 0) is 43.4 Å². The highest BCUT2D eigenvalue weighted by Crippen LogP contribution is 2.32. The number of phenols is 1. The van der Waals surface area contributed by atoms with Crippen LogP contribution in [0.15, 0.2) is 12.1 Å². The van der Waals surface area contributed by atoms with E-state index in [0.717, 1.165) is 12.8 Å². The van der Waals surface area contributed by atoms with Crippen LogP contribution < -0.4 is 4.72 Å². The molecule has 0 bridgehead atoms. The average molecular weight is 319 g/mol. The molecule has 0 spiro atoms. The molecule has 2 rings (SSSR count). The van der Waals surface area contributed by atoms with Gasteiger partial charge in [0.1, 0.15) is 5.75 Å². The highest BCUT2D eigenvalue weighted by Gasteiger charge is 2.27. The summed E-state index contributed by atoms with van der Waals surface area (Å²) in [5.41, 5.74) is 0.649. The second-order valence-electron chi connectivity index (χ2n) is 5.33. The Morgan fingerprint density at radius 2 is 2.15 bits per heavy atom. The summed E-state index contributed by atoms with van der Waals surface area (Å²) in [6.07, 6.45) is 1.89. The second kappa shape index (κ2) is 5.79. The topological polar surface area (TPSA) is 69.6 Å². The normalized spacial score (nSPS) is 20.9. The number of benzene rings is 1. The zero-order valence-electron chi connectivity index (χ0n) is 11.6. The summed E-state index contributed by atoms with van der Waals surface area (Å²) in [4.78, 5) is 0. The molecule has 20 heavy (non-hydrogen) atoms. The quantitative estimate of drug-likeness (QED) is 0.842. The van der Waals surface area contributed by atoms with Crippen molar-refractivity contribution in [3.63, 3.8) is 0 Å². The molecule has 1 aliphatic heterocycles. The van der Waals surface area contributed by atoms with E-state index in [2.05, 4.69) is 4.72 Å². The first kappa shape index (κ1) is 15.4. The second-order valence-corrected chi connectivity index (χ2v) is 7.44. The Bertz CT molecular complexity index is 604. The number of hydrogen-bond acceptors (Lipinski definition) is 3. The molecule has 1 aliphatic rings. The maximum atomic E-state index is 12.3. The lowest BCUT2D eigenvalue weighted by Gasteiger charge is -2.30. The number of aryl methyl sites for hydroxylation is 1. The molecule has 7 heteroatoms. The lowest BCUT2D eigenvalue weighted by Crippen LogP contribution is -2.42. The highest BCUT2D eigenvalue weighted by molar-refractivity contribution is 7.90. The number of aromatic hydroxyl groups is 1. The van der Waals surface area contributed by atoms with Crippen molar-refractivity contribution >= 4 is 27.5 Å². The minimum Gasteiger partial charge on any atom is -0.505 e. The molecule has 1 unspecified atom stereocenters. The lowest BCUT2D eigenvalue weighted by atomic mass is 10.0. The summed E-state index contributed by atoms with van der Waals surface area (Å²) in [7, 11) is -3.66. The van der Waals surface area contributed by atoms with Gasteiger partial charge in [0.15, 0.2) is 0 Å². The third kappa shape index (κ3) is 3.37. The van der Waals surface area contributed by atoms with Crippen molar-refractivity contribution in [2.75, 3.05) is 17.8 Å². The smallest absolute Gasteiger partial charge is 0.301 e. The molecule has 5 nitrogen and oxygen atoms in total. The van der Waals surface area contributed by atoms with Crippen molar-refractivity contribution in [1.29, 1.82) is 0 Å². The van der Waals surface area contributed by atoms with E-state index >= 15 is 0 Å². The fourth-order valence-corrected chi connectivity index (χ4v) is 4.04. The van der Waals surface area contributed by atoms with Crippen LogP contribution in [0.25, 0.3) is 0 Å². The molecule has 112 valence electrons. The Kier molecular flexibility index (Phi) is 4.46. The van der Waals surface area contributed by atoms with Crippen LogP contribution in [0.4, 0.5) is 5.69 Å². The van der Waals surface area contributed by atoms with Crippen molar-refractivity contribution in [2.24, 2.45) is 5.92 Å². The van der Waals surface area contributed by atoms with Crippen LogP contribution in [0.3, 0.4) is 0 Å². The van der Waals surface area contributed by atoms with Gasteiger partial charge in [-0.2, -0.15) is 12.7 Å². The van der Waals surface area contributed by atoms with Gasteiger partial charge in [0, 0.05) is 18.1 Å². The van der Waals surface area contributed by atoms with E-state index in [9.17, 15) is 13.5 Å². The molecule has 0 radical (unpaired) electrons. The summed E-state index contributed by atoms with van der Waals surface area (Å²) in [6.45, 7) is 4.69. The summed E-state index contributed by atoms with van der Waals surface area (Å²) >= 11 is 5.90. The van der Waals surface area contributed by atoms with Gasteiger partial charge in [-0.25, -0.2) is 0 Å². The first-order chi connectivity index (χ1) is 9.29. The number of piperidine rings is 1. The number of hydrogen-bond donors (Lipinski definition) is 2. The van der Waals surface area contributed by atoms with Gasteiger partial charge in [-0.15, -0.1) is 0 Å². The largest absolute Gasteiger partial charge is 0.505 e. The fraction of sp³-hybridized carbons (Fsp3) is 0.538. The summed E-state index contributed by atoms with van der Waals surface area (Å²) in [5.74, 6) is 0.248. The summed E-state index contributed by atoms with van der Waals surface area (Å²) < 4.78 is 28.5. The van der Waals surface area contributed by atoms with Crippen LogP contribution in [0.2, 0.25) is 5.02 Å². The number of nitrogens with zero attached hydrogens (tertiary/aromatic N) is 1. The molecule has 0 aromatic heterocycles. The first-order valence-corrected chi connectivity index (χ1v) is 8.38. The van der Waals surface area contributed by atoms with Crippen LogP contribution >= 0.6 is 11.6 Å². The molecule has 2 N–H and O–H groups in total. The van der Waals surface area contributed by atoms with Crippen molar-refractivity contribution in [3.8, 4) is 5.75 Å². The molecule has 1 fully saturated rings. The number of anilines is 1. The van der Waals surface area contributed by atoms with Crippen molar-refractivity contribution in [1.82, 2.24) is 4.31 Å². The van der Waals surface area contributed by atoms with Crippen LogP contribution in [0, 0.1) is 12.8 Å². The van der Waals surface area contributed by atoms with Gasteiger partial charge in [0.25, 0.3) is 0 Å². The third-order valence-electron chi connectivity index (χ3n) is 3.46. The predicted octanol–water partition coefficient (Wildman–Crippen LogP) is 2.74. The number of phenolic OH excluding ortho intramolecular Hbond substituents is 1. The van der Waals surface area contributed by atoms with Crippen LogP contribution in [0.5, 0.6) is 5.75 Å². The Hall–Kier alpha value is -0.980. The van der Waals surface area contributed by atoms with Gasteiger partial charge >= 0.3 is 10.2 Å². The molecule has 1 aromatic carbocycles. The fourth-order valence-electron chi connectivity index (χ4n) is 2.38. The van der Waals surface area contributed by atoms with Gasteiger partial charge in [-0.1, -0.05) is 18.5 Å². The Morgan fingerprint density at radius 3 is 2.80 bits per heavy atom. The van der Waals surface area contributed by atoms with Crippen LogP contribution in [-0.2, 0) is 10.2 Å². The van der Waals surface area contributed by atoms with Gasteiger partial charge < -0.3 is 5.11 Å². The minimum atomic E-state index is -3.66. The first-order valence-electron chi connectivity index (χ1n) is 6.56. The Labute approximate surface area is 124 Å². The standard InChI is InChI=1S/C13H19ClN2O3S/c1-9-4-3-5-16(8-9)20(18,19)15-12-7-11(14)6-10(2)13(12)17/h6-7,9,15,17H,3-5,8H2,1-2H3. The Morgan fingerprint density at radius 1 is 1.45 bits per heavy atom. The molecule has 0 amide bonds. The monoisotopic (exact) mass is 318 g/mol. The van der Waals surface area contributed by atoms with Gasteiger partial charge in [-0.3, -0.25) is 4.72 Å². The maximum absolute atomic E-state index is 12.3. The van der Waals surface area contributed by atoms with E-state index in [4.69, 9.17) is 11.6 Å². The number of halogens is 1. The average Bonchev–Trinajstić information content (AvgIpc) is 2.35. The van der Waals surface area contributed by atoms with Crippen LogP contribution in [-0.4, -0.2) is 30.9 Å². The maximum Gasteiger partial charge on any atom is 0.301 e. The number of rotatable bonds is 3. The third-order valence-corrected chi connectivity index (χ3v) is 5.17. The minimum absolute atomic E-state index is 0.0944. The summed E-state index contributed by atoms with van der Waals surface area (Å²) in [5, 5.41) is 10.3. The van der Waals surface area contributed by atoms with Gasteiger partial charge in [0.2, 0.25) is 0 Å². The Balaban J connectivity index is 2.24. The molecule has 1 heterocycles. The van der Waals surface area contributed by atoms with E-state index in [0.29, 0.717) is 29.6 Å². The van der Waals surface area contributed by atoms with Gasteiger partial charge in [0.05, 0.1) is 5.69 Å². The van der Waals surface area contributed by atoms with E-state index in [1.54, 1.807) is 13.0 Å². The zero-order valence-corrected chi connectivity index (χ0v) is 13.1. The number of nitrogens with one attached hydrogen (secondary N) is 1. The highest BCUT2D eigenvalue weighted by atomic mass is 35.5. The summed E-state index contributed by atoms with van der Waals surface area (Å²) in [6, 6.07) is 2.99. The van der Waals surface area contributed by atoms with E-state index in [-0.39, 0.29) is 11.4 Å². The van der Waals surface area contributed by atoms with Crippen molar-refractivity contribution in [2.45, 2.75) is 26.7 Å². The molecule has 0 aliphatic carbocycles. The van der Waals surface area contributed by atoms with Crippen molar-refractivity contribution < 1.29 is 13.5 Å². The predicted molar refractivity (Wildman–Crippen MR) is 80.4 cm³/mol. The van der Waals surface area contributed by atoms with Crippen LogP contribution in [0.1, 0.15) is 25.3 Å². The molecule has 1 saturated heterocycles.